The zero-order valence-corrected chi connectivity index (χ0v) is 19.5. The predicted molar refractivity (Wildman–Crippen MR) is 131 cm³/mol. The summed E-state index contributed by atoms with van der Waals surface area (Å²) < 4.78 is 2.04. The van der Waals surface area contributed by atoms with Crippen molar-refractivity contribution in [2.45, 2.75) is 39.3 Å². The van der Waals surface area contributed by atoms with Crippen LogP contribution in [0.15, 0.2) is 77.2 Å². The molecule has 0 unspecified atom stereocenters. The molecule has 3 heterocycles. The molecule has 4 aromatic rings. The van der Waals surface area contributed by atoms with E-state index in [1.54, 1.807) is 12.4 Å². The molecular formula is C26H26N4O2S. The molecule has 1 N–H and O–H groups in total. The van der Waals surface area contributed by atoms with Crippen LogP contribution >= 0.6 is 11.3 Å². The van der Waals surface area contributed by atoms with Crippen molar-refractivity contribution < 1.29 is 4.79 Å². The van der Waals surface area contributed by atoms with Crippen LogP contribution in [0.1, 0.15) is 51.0 Å². The molecule has 4 rings (SSSR count). The largest absolute Gasteiger partial charge is 0.343 e. The number of pyridine rings is 2. The first-order valence-corrected chi connectivity index (χ1v) is 11.8. The highest BCUT2D eigenvalue weighted by atomic mass is 32.1. The van der Waals surface area contributed by atoms with Gasteiger partial charge in [-0.2, -0.15) is 0 Å². The van der Waals surface area contributed by atoms with E-state index in [-0.39, 0.29) is 22.9 Å². The van der Waals surface area contributed by atoms with Gasteiger partial charge in [0.2, 0.25) is 0 Å². The molecule has 0 spiro atoms. The third-order valence-electron chi connectivity index (χ3n) is 5.56. The third kappa shape index (κ3) is 5.43. The molecule has 0 saturated heterocycles. The fourth-order valence-electron chi connectivity index (χ4n) is 3.89. The van der Waals surface area contributed by atoms with Crippen LogP contribution in [-0.2, 0) is 19.4 Å². The molecule has 33 heavy (non-hydrogen) atoms. The van der Waals surface area contributed by atoms with E-state index < -0.39 is 0 Å². The molecule has 1 amide bonds. The third-order valence-corrected chi connectivity index (χ3v) is 6.52. The Labute approximate surface area is 197 Å². The van der Waals surface area contributed by atoms with Gasteiger partial charge in [0, 0.05) is 35.2 Å². The minimum atomic E-state index is -0.375. The van der Waals surface area contributed by atoms with Crippen molar-refractivity contribution in [3.63, 3.8) is 0 Å². The highest BCUT2D eigenvalue weighted by Crippen LogP contribution is 2.18. The van der Waals surface area contributed by atoms with E-state index >= 15 is 0 Å². The van der Waals surface area contributed by atoms with Gasteiger partial charge in [-0.25, -0.2) is 4.98 Å². The highest BCUT2D eigenvalue weighted by Gasteiger charge is 2.23. The Bertz CT molecular complexity index is 1270. The summed E-state index contributed by atoms with van der Waals surface area (Å²) in [5.74, 6) is -0.375. The van der Waals surface area contributed by atoms with Crippen molar-refractivity contribution in [1.82, 2.24) is 19.9 Å². The summed E-state index contributed by atoms with van der Waals surface area (Å²) in [6.07, 6.45) is 4.73. The van der Waals surface area contributed by atoms with Crippen LogP contribution in [0.2, 0.25) is 0 Å². The fourth-order valence-corrected chi connectivity index (χ4v) is 4.54. The monoisotopic (exact) mass is 458 g/mol. The Kier molecular flexibility index (Phi) is 7.10. The van der Waals surface area contributed by atoms with Crippen molar-refractivity contribution in [2.75, 3.05) is 0 Å². The molecule has 0 aliphatic heterocycles. The molecule has 0 aliphatic rings. The Morgan fingerprint density at radius 1 is 1.06 bits per heavy atom. The molecule has 7 heteroatoms. The van der Waals surface area contributed by atoms with Gasteiger partial charge < -0.3 is 9.88 Å². The lowest BCUT2D eigenvalue weighted by Crippen LogP contribution is -2.34. The fraction of sp³-hybridized carbons (Fsp3) is 0.231. The summed E-state index contributed by atoms with van der Waals surface area (Å²) >= 11 is 1.47. The normalized spacial score (nSPS) is 11.8. The average molecular weight is 459 g/mol. The number of carbonyl (C=O) groups excluding carboxylic acids is 1. The van der Waals surface area contributed by atoms with Crippen molar-refractivity contribution in [3.8, 4) is 0 Å². The maximum Gasteiger partial charge on any atom is 0.257 e. The van der Waals surface area contributed by atoms with E-state index in [1.165, 1.54) is 17.4 Å². The first-order chi connectivity index (χ1) is 16.0. The molecule has 0 aliphatic carbocycles. The van der Waals surface area contributed by atoms with E-state index in [0.717, 1.165) is 27.7 Å². The number of amides is 1. The summed E-state index contributed by atoms with van der Waals surface area (Å²) in [6.45, 7) is 4.26. The smallest absolute Gasteiger partial charge is 0.257 e. The lowest BCUT2D eigenvalue weighted by molar-refractivity contribution is 0.0936. The number of nitrogens with one attached hydrogen (secondary N) is 1. The van der Waals surface area contributed by atoms with Crippen molar-refractivity contribution in [1.29, 1.82) is 0 Å². The summed E-state index contributed by atoms with van der Waals surface area (Å²) in [4.78, 5) is 35.2. The number of rotatable bonds is 8. The van der Waals surface area contributed by atoms with E-state index in [0.29, 0.717) is 19.4 Å². The van der Waals surface area contributed by atoms with Crippen molar-refractivity contribution in [3.05, 3.63) is 116 Å². The highest BCUT2D eigenvalue weighted by molar-refractivity contribution is 7.09. The van der Waals surface area contributed by atoms with E-state index in [1.807, 2.05) is 60.2 Å². The Morgan fingerprint density at radius 2 is 1.85 bits per heavy atom. The predicted octanol–water partition coefficient (Wildman–Crippen LogP) is 4.33. The van der Waals surface area contributed by atoms with Gasteiger partial charge in [0.05, 0.1) is 18.3 Å². The molecule has 3 aromatic heterocycles. The standard InChI is InChI=1S/C26H26N4O2S/c1-18-16-23(31)24(25(32)29-19(2)26-28-14-15-33-26)22(12-11-20-8-4-3-5-9-20)30(18)17-21-10-6-7-13-27-21/h3-10,13-16,19H,11-12,17H2,1-2H3,(H,29,32)/t19-/m0/s1. The summed E-state index contributed by atoms with van der Waals surface area (Å²) in [7, 11) is 0. The van der Waals surface area contributed by atoms with Crippen molar-refractivity contribution in [2.24, 2.45) is 0 Å². The Balaban J connectivity index is 1.73. The number of aromatic nitrogens is 3. The second-order valence-corrected chi connectivity index (χ2v) is 8.86. The van der Waals surface area contributed by atoms with E-state index in [4.69, 9.17) is 0 Å². The van der Waals surface area contributed by atoms with E-state index in [9.17, 15) is 9.59 Å². The summed E-state index contributed by atoms with van der Waals surface area (Å²) in [5, 5.41) is 5.64. The molecule has 168 valence electrons. The molecule has 0 bridgehead atoms. The second-order valence-electron chi connectivity index (χ2n) is 7.93. The zero-order valence-electron chi connectivity index (χ0n) is 18.7. The molecule has 0 saturated carbocycles. The minimum absolute atomic E-state index is 0.191. The quantitative estimate of drug-likeness (QED) is 0.426. The number of hydrogen-bond acceptors (Lipinski definition) is 5. The maximum absolute atomic E-state index is 13.4. The van der Waals surface area contributed by atoms with Gasteiger partial charge in [-0.3, -0.25) is 14.6 Å². The zero-order chi connectivity index (χ0) is 23.2. The first kappa shape index (κ1) is 22.6. The average Bonchev–Trinajstić information content (AvgIpc) is 3.36. The van der Waals surface area contributed by atoms with Crippen LogP contribution in [0.25, 0.3) is 0 Å². The first-order valence-electron chi connectivity index (χ1n) is 10.9. The van der Waals surface area contributed by atoms with Crippen LogP contribution < -0.4 is 10.7 Å². The van der Waals surface area contributed by atoms with Crippen LogP contribution in [0, 0.1) is 6.92 Å². The van der Waals surface area contributed by atoms with Gasteiger partial charge in [0.1, 0.15) is 10.6 Å². The van der Waals surface area contributed by atoms with Gasteiger partial charge >= 0.3 is 0 Å². The van der Waals surface area contributed by atoms with E-state index in [2.05, 4.69) is 27.4 Å². The molecular weight excluding hydrogens is 432 g/mol. The van der Waals surface area contributed by atoms with Gasteiger partial charge in [0.15, 0.2) is 5.43 Å². The van der Waals surface area contributed by atoms with Crippen LogP contribution in [-0.4, -0.2) is 20.4 Å². The molecule has 0 radical (unpaired) electrons. The molecule has 6 nitrogen and oxygen atoms in total. The van der Waals surface area contributed by atoms with Gasteiger partial charge in [-0.1, -0.05) is 36.4 Å². The SMILES string of the molecule is Cc1cc(=O)c(C(=O)N[C@@H](C)c2nccs2)c(CCc2ccccc2)n1Cc1ccccn1. The summed E-state index contributed by atoms with van der Waals surface area (Å²) in [6, 6.07) is 17.1. The van der Waals surface area contributed by atoms with Crippen molar-refractivity contribution >= 4 is 17.2 Å². The van der Waals surface area contributed by atoms with Gasteiger partial charge in [-0.05, 0) is 44.4 Å². The Morgan fingerprint density at radius 3 is 2.55 bits per heavy atom. The Hall–Kier alpha value is -3.58. The van der Waals surface area contributed by atoms with Crippen LogP contribution in [0.3, 0.4) is 0 Å². The van der Waals surface area contributed by atoms with Crippen LogP contribution in [0.4, 0.5) is 0 Å². The maximum atomic E-state index is 13.4. The van der Waals surface area contributed by atoms with Gasteiger partial charge in [0.25, 0.3) is 5.91 Å². The van der Waals surface area contributed by atoms with Gasteiger partial charge in [-0.15, -0.1) is 11.3 Å². The molecule has 1 aromatic carbocycles. The topological polar surface area (TPSA) is 76.9 Å². The number of benzene rings is 1. The number of hydrogen-bond donors (Lipinski definition) is 1. The number of nitrogens with zero attached hydrogens (tertiary/aromatic N) is 3. The number of thiazole rings is 1. The van der Waals surface area contributed by atoms with Crippen LogP contribution in [0.5, 0.6) is 0 Å². The second kappa shape index (κ2) is 10.4. The number of aryl methyl sites for hydroxylation is 2. The molecule has 1 atom stereocenters. The lowest BCUT2D eigenvalue weighted by atomic mass is 10.0. The summed E-state index contributed by atoms with van der Waals surface area (Å²) in [5.41, 5.74) is 3.47. The lowest BCUT2D eigenvalue weighted by Gasteiger charge is -2.21. The number of carbonyl (C=O) groups is 1. The minimum Gasteiger partial charge on any atom is -0.343 e. The molecule has 0 fully saturated rings.